The van der Waals surface area contributed by atoms with Crippen LogP contribution in [-0.2, 0) is 20.9 Å². The van der Waals surface area contributed by atoms with Crippen LogP contribution in [-0.4, -0.2) is 115 Å². The minimum atomic E-state index is -0.726. The molecule has 1 atom stereocenters. The second kappa shape index (κ2) is 17.9. The fourth-order valence-corrected chi connectivity index (χ4v) is 9.87. The van der Waals surface area contributed by atoms with Gasteiger partial charge in [-0.15, -0.1) is 0 Å². The Kier molecular flexibility index (Phi) is 12.0. The van der Waals surface area contributed by atoms with Crippen molar-refractivity contribution in [1.29, 1.82) is 0 Å². The average molecular weight is 910 g/mol. The predicted molar refractivity (Wildman–Crippen MR) is 241 cm³/mol. The number of carbonyl (C=O) groups excluding carboxylic acids is 4. The monoisotopic (exact) mass is 909 g/mol. The van der Waals surface area contributed by atoms with Crippen molar-refractivity contribution in [2.24, 2.45) is 5.41 Å². The van der Waals surface area contributed by atoms with Crippen LogP contribution >= 0.6 is 0 Å². The number of ether oxygens (including phenoxy) is 1. The number of nitrogens with one attached hydrogen (secondary N) is 3. The molecule has 0 bridgehead atoms. The van der Waals surface area contributed by atoms with Crippen LogP contribution in [0.15, 0.2) is 60.9 Å². The highest BCUT2D eigenvalue weighted by Crippen LogP contribution is 2.46. The number of halogens is 4. The molecule has 0 saturated carbocycles. The summed E-state index contributed by atoms with van der Waals surface area (Å²) in [5.41, 5.74) is 1.26. The van der Waals surface area contributed by atoms with Crippen LogP contribution in [0.2, 0.25) is 0 Å². The zero-order valence-corrected chi connectivity index (χ0v) is 37.0. The molecule has 4 aliphatic rings. The van der Waals surface area contributed by atoms with Gasteiger partial charge in [-0.2, -0.15) is 5.10 Å². The van der Waals surface area contributed by atoms with E-state index in [0.717, 1.165) is 12.5 Å². The van der Waals surface area contributed by atoms with Crippen molar-refractivity contribution in [2.75, 3.05) is 75.6 Å². The first kappa shape index (κ1) is 44.4. The molecule has 2 aromatic heterocycles. The summed E-state index contributed by atoms with van der Waals surface area (Å²) in [7, 11) is 4.58. The van der Waals surface area contributed by atoms with Gasteiger partial charge in [-0.3, -0.25) is 29.2 Å². The van der Waals surface area contributed by atoms with Gasteiger partial charge in [0.2, 0.25) is 17.7 Å². The molecule has 1 spiro atoms. The summed E-state index contributed by atoms with van der Waals surface area (Å²) >= 11 is 0. The van der Waals surface area contributed by atoms with Gasteiger partial charge in [0.05, 0.1) is 29.7 Å². The standard InChI is InChI=1S/C48H51F4N9O5/c1-57(2)47(65)38-22-32-30(20-29(44(52)45(32)55-38)28-6-4-14-59(26-28)43(63)9-16-61-15-5-13-53-61)31-21-34(50)39(24-33(31)49)60-19-12-48(27-60)10-17-58(18-11-48)40-25-41(66-3)37(23-35(40)51)54-36-7-8-42(62)56-46(36)64/h5-6,13,15,20-25,36,54-55H,4,7-12,14,16-19,26-27H2,1-3H3,(H,56,62,64). The summed E-state index contributed by atoms with van der Waals surface area (Å²) in [6, 6.07) is 9.20. The molecule has 3 saturated heterocycles. The molecule has 0 aliphatic carbocycles. The van der Waals surface area contributed by atoms with Crippen molar-refractivity contribution in [2.45, 2.75) is 57.5 Å². The molecule has 3 fully saturated rings. The SMILES string of the molecule is COc1cc(N2CCC3(CC2)CCN(c2cc(F)c(-c4cc(C5=CCCN(C(=O)CCn6cccn6)C5)c(F)c5[nH]c(C(=O)N(C)C)cc45)cc2F)C3)c(F)cc1NC1CCC(=O)NC1=O. The van der Waals surface area contributed by atoms with Crippen LogP contribution < -0.4 is 25.2 Å². The summed E-state index contributed by atoms with van der Waals surface area (Å²) < 4.78 is 72.8. The highest BCUT2D eigenvalue weighted by atomic mass is 19.1. The molecule has 3 aromatic carbocycles. The third-order valence-electron chi connectivity index (χ3n) is 13.6. The zero-order valence-electron chi connectivity index (χ0n) is 37.0. The Morgan fingerprint density at radius 2 is 1.65 bits per heavy atom. The zero-order chi connectivity index (χ0) is 46.4. The van der Waals surface area contributed by atoms with Crippen LogP contribution in [0.4, 0.5) is 34.6 Å². The fourth-order valence-electron chi connectivity index (χ4n) is 9.87. The van der Waals surface area contributed by atoms with Crippen LogP contribution in [0.3, 0.4) is 0 Å². The first-order valence-corrected chi connectivity index (χ1v) is 22.2. The summed E-state index contributed by atoms with van der Waals surface area (Å²) in [6.45, 7) is 2.88. The number of aromatic nitrogens is 3. The fraction of sp³-hybridized carbons (Fsp3) is 0.396. The molecule has 3 N–H and O–H groups in total. The molecule has 6 heterocycles. The van der Waals surface area contributed by atoms with E-state index in [0.29, 0.717) is 81.2 Å². The van der Waals surface area contributed by atoms with Gasteiger partial charge in [0.1, 0.15) is 34.9 Å². The van der Waals surface area contributed by atoms with Gasteiger partial charge in [-0.1, -0.05) is 6.08 Å². The van der Waals surface area contributed by atoms with Gasteiger partial charge in [0.15, 0.2) is 5.82 Å². The third kappa shape index (κ3) is 8.55. The van der Waals surface area contributed by atoms with Gasteiger partial charge in [0, 0.05) is 120 Å². The quantitative estimate of drug-likeness (QED) is 0.0972. The minimum absolute atomic E-state index is 0.0365. The number of anilines is 3. The van der Waals surface area contributed by atoms with Crippen LogP contribution in [0.1, 0.15) is 61.0 Å². The number of aromatic amines is 1. The number of amides is 4. The molecule has 9 rings (SSSR count). The van der Waals surface area contributed by atoms with E-state index in [1.807, 2.05) is 15.9 Å². The number of hydrogen-bond donors (Lipinski definition) is 3. The molecule has 18 heteroatoms. The predicted octanol–water partition coefficient (Wildman–Crippen LogP) is 6.72. The van der Waals surface area contributed by atoms with E-state index >= 15 is 17.6 Å². The topological polar surface area (TPSA) is 148 Å². The number of hydrogen-bond acceptors (Lipinski definition) is 9. The lowest BCUT2D eigenvalue weighted by Crippen LogP contribution is -2.47. The number of piperidine rings is 2. The Hall–Kier alpha value is -6.85. The maximum Gasteiger partial charge on any atom is 0.269 e. The van der Waals surface area contributed by atoms with Crippen LogP contribution in [0.25, 0.3) is 27.6 Å². The van der Waals surface area contributed by atoms with Crippen molar-refractivity contribution in [1.82, 2.24) is 29.9 Å². The first-order valence-electron chi connectivity index (χ1n) is 22.2. The van der Waals surface area contributed by atoms with Gasteiger partial charge in [0.25, 0.3) is 5.91 Å². The van der Waals surface area contributed by atoms with E-state index in [1.54, 1.807) is 48.2 Å². The molecule has 346 valence electrons. The van der Waals surface area contributed by atoms with Crippen molar-refractivity contribution in [3.05, 3.63) is 95.5 Å². The molecule has 0 radical (unpaired) electrons. The molecular formula is C48H51F4N9O5. The Morgan fingerprint density at radius 1 is 0.909 bits per heavy atom. The summed E-state index contributed by atoms with van der Waals surface area (Å²) in [6.07, 6.45) is 8.41. The largest absolute Gasteiger partial charge is 0.495 e. The van der Waals surface area contributed by atoms with Gasteiger partial charge >= 0.3 is 0 Å². The van der Waals surface area contributed by atoms with Crippen molar-refractivity contribution in [3.63, 3.8) is 0 Å². The maximum absolute atomic E-state index is 16.7. The molecule has 14 nitrogen and oxygen atoms in total. The summed E-state index contributed by atoms with van der Waals surface area (Å²) in [5.74, 6) is -3.60. The number of benzene rings is 3. The lowest BCUT2D eigenvalue weighted by molar-refractivity contribution is -0.134. The van der Waals surface area contributed by atoms with Crippen molar-refractivity contribution < 1.29 is 41.5 Å². The molecule has 66 heavy (non-hydrogen) atoms. The number of methoxy groups -OCH3 is 1. The Morgan fingerprint density at radius 3 is 2.36 bits per heavy atom. The molecule has 5 aromatic rings. The van der Waals surface area contributed by atoms with Gasteiger partial charge in [-0.25, -0.2) is 17.6 Å². The molecule has 4 aliphatic heterocycles. The number of fused-ring (bicyclic) bond motifs is 1. The number of nitrogens with zero attached hydrogens (tertiary/aromatic N) is 6. The smallest absolute Gasteiger partial charge is 0.269 e. The normalized spacial score (nSPS) is 18.5. The van der Waals surface area contributed by atoms with Gasteiger partial charge in [-0.05, 0) is 72.9 Å². The molecular weight excluding hydrogens is 859 g/mol. The number of H-pyrrole nitrogens is 1. The first-order chi connectivity index (χ1) is 31.7. The van der Waals surface area contributed by atoms with E-state index in [4.69, 9.17) is 4.74 Å². The van der Waals surface area contributed by atoms with Crippen LogP contribution in [0.5, 0.6) is 5.75 Å². The van der Waals surface area contributed by atoms with Gasteiger partial charge < -0.3 is 34.6 Å². The average Bonchev–Trinajstić information content (AvgIpc) is 4.09. The maximum atomic E-state index is 16.7. The van der Waals surface area contributed by atoms with E-state index in [1.165, 1.54) is 36.3 Å². The molecule has 1 unspecified atom stereocenters. The number of carbonyl (C=O) groups is 4. The van der Waals surface area contributed by atoms with Crippen LogP contribution in [0, 0.1) is 28.7 Å². The van der Waals surface area contributed by atoms with Crippen molar-refractivity contribution >= 4 is 57.2 Å². The van der Waals surface area contributed by atoms with E-state index in [9.17, 15) is 19.2 Å². The second-order valence-electron chi connectivity index (χ2n) is 17.9. The highest BCUT2D eigenvalue weighted by Gasteiger charge is 2.42. The Bertz CT molecular complexity index is 2760. The third-order valence-corrected chi connectivity index (χ3v) is 13.6. The van der Waals surface area contributed by atoms with E-state index in [2.05, 4.69) is 20.7 Å². The highest BCUT2D eigenvalue weighted by molar-refractivity contribution is 6.05. The second-order valence-corrected chi connectivity index (χ2v) is 17.9. The number of rotatable bonds is 11. The minimum Gasteiger partial charge on any atom is -0.495 e. The number of aryl methyl sites for hydroxylation is 1. The Balaban J connectivity index is 0.938. The molecule has 4 amide bonds. The lowest BCUT2D eigenvalue weighted by atomic mass is 9.77. The van der Waals surface area contributed by atoms with E-state index < -0.39 is 41.1 Å². The summed E-state index contributed by atoms with van der Waals surface area (Å²) in [4.78, 5) is 60.0. The van der Waals surface area contributed by atoms with E-state index in [-0.39, 0.29) is 82.0 Å². The van der Waals surface area contributed by atoms with Crippen molar-refractivity contribution in [3.8, 4) is 16.9 Å². The number of imide groups is 1. The Labute approximate surface area is 378 Å². The summed E-state index contributed by atoms with van der Waals surface area (Å²) in [5, 5.41) is 9.67. The lowest BCUT2D eigenvalue weighted by Gasteiger charge is -2.40.